The van der Waals surface area contributed by atoms with E-state index in [2.05, 4.69) is 165 Å². The van der Waals surface area contributed by atoms with Crippen LogP contribution in [0.15, 0.2) is 48.6 Å². The maximum Gasteiger partial charge on any atom is 0.191 e. The Morgan fingerprint density at radius 1 is 0.679 bits per heavy atom. The van der Waals surface area contributed by atoms with E-state index >= 15 is 0 Å². The van der Waals surface area contributed by atoms with Gasteiger partial charge in [0.2, 0.25) is 0 Å². The summed E-state index contributed by atoms with van der Waals surface area (Å²) in [5.74, 6) is 11.2. The summed E-state index contributed by atoms with van der Waals surface area (Å²) in [4.78, 5) is 0. The van der Waals surface area contributed by atoms with Crippen LogP contribution in [0.25, 0.3) is 0 Å². The Bertz CT molecular complexity index is 1270. The largest absolute Gasteiger partial charge is 0.417 e. The molecule has 2 N–H and O–H groups in total. The Morgan fingerprint density at radius 2 is 1.15 bits per heavy atom. The van der Waals surface area contributed by atoms with Gasteiger partial charge in [-0.05, 0) is 98.1 Å². The second kappa shape index (κ2) is 24.3. The first kappa shape index (κ1) is 49.6. The molecule has 0 saturated heterocycles. The zero-order chi connectivity index (χ0) is 40.3. The molecule has 0 aromatic rings. The third-order valence-corrected chi connectivity index (χ3v) is 17.2. The Hall–Kier alpha value is -1.39. The van der Waals surface area contributed by atoms with Crippen LogP contribution >= 0.6 is 0 Å². The van der Waals surface area contributed by atoms with Crippen LogP contribution in [0.4, 0.5) is 0 Å². The summed E-state index contributed by atoms with van der Waals surface area (Å²) in [5, 5.41) is 19.1. The lowest BCUT2D eigenvalue weighted by molar-refractivity contribution is 0.131. The Balaban J connectivity index is 0.000000549. The lowest BCUT2D eigenvalue weighted by Gasteiger charge is -2.36. The Kier molecular flexibility index (Phi) is 22.7. The maximum atomic E-state index is 10.0. The highest BCUT2D eigenvalue weighted by molar-refractivity contribution is 6.84. The molecule has 2 aliphatic rings. The van der Waals surface area contributed by atoms with Crippen LogP contribution < -0.4 is 0 Å². The minimum atomic E-state index is -1.57. The SMILES string of the molecule is C[C@@H](/C=C/C=C/[C@@H]1C[C@@H]1[C@@H](C)CCCCO[Si](C)(C)C(C)(C)C)CC#C[Si](C)(C)C.C[C@@H](/C=C/C=C/[C@@H]1C[C@@H]1[C@@H](O)CCCCO)CC#C[Si](C)(C)C. The number of hydrogen-bond donors (Lipinski definition) is 2. The standard InChI is InChI=1S/C27H50OSi2.C20H34O2Si/c1-23(17-15-21-29(6,7)8)16-11-12-19-25-22-26(25)24(2)18-13-14-20-28-30(9,10)27(3,4)5;1-17(11-9-15-23(2,3)4)10-5-6-12-18-16-19(18)20(22)13-7-8-14-21/h11-12,16,19,23-26H,13-14,17-18,20,22H2,1-10H3;5-6,10,12,17-22H,7-8,11,13-14,16H2,1-4H3/b16-11+,19-12+;10-5+,12-6+/t23-,24-,25+,26+;17-,18+,19-,20-/m00/s1. The smallest absolute Gasteiger partial charge is 0.191 e. The van der Waals surface area contributed by atoms with Gasteiger partial charge in [0, 0.05) is 26.1 Å². The van der Waals surface area contributed by atoms with Crippen molar-refractivity contribution >= 4 is 24.5 Å². The molecule has 0 radical (unpaired) electrons. The number of allylic oxidation sites excluding steroid dienone is 8. The van der Waals surface area contributed by atoms with E-state index in [9.17, 15) is 5.11 Å². The van der Waals surface area contributed by atoms with Gasteiger partial charge in [-0.25, -0.2) is 0 Å². The van der Waals surface area contributed by atoms with Crippen molar-refractivity contribution in [3.8, 4) is 22.9 Å². The molecule has 0 unspecified atom stereocenters. The molecule has 0 amide bonds. The maximum absolute atomic E-state index is 10.0. The van der Waals surface area contributed by atoms with Crippen molar-refractivity contribution in [2.45, 2.75) is 169 Å². The lowest BCUT2D eigenvalue weighted by atomic mass is 9.97. The zero-order valence-electron chi connectivity index (χ0n) is 37.0. The van der Waals surface area contributed by atoms with Crippen LogP contribution in [0.2, 0.25) is 57.4 Å². The topological polar surface area (TPSA) is 49.7 Å². The van der Waals surface area contributed by atoms with Crippen LogP contribution in [0.5, 0.6) is 0 Å². The van der Waals surface area contributed by atoms with Crippen LogP contribution in [0, 0.1) is 64.4 Å². The van der Waals surface area contributed by atoms with Crippen LogP contribution in [0.1, 0.15) is 106 Å². The number of aliphatic hydroxyl groups excluding tert-OH is 2. The van der Waals surface area contributed by atoms with Crippen molar-refractivity contribution in [2.75, 3.05) is 13.2 Å². The van der Waals surface area contributed by atoms with Gasteiger partial charge in [-0.15, -0.1) is 22.9 Å². The first-order valence-corrected chi connectivity index (χ1v) is 31.1. The molecule has 0 aromatic carbocycles. The van der Waals surface area contributed by atoms with Gasteiger partial charge in [0.05, 0.1) is 6.10 Å². The van der Waals surface area contributed by atoms with E-state index in [4.69, 9.17) is 9.53 Å². The number of hydrogen-bond acceptors (Lipinski definition) is 3. The summed E-state index contributed by atoms with van der Waals surface area (Å²) in [6.07, 6.45) is 28.5. The molecule has 53 heavy (non-hydrogen) atoms. The summed E-state index contributed by atoms with van der Waals surface area (Å²) >= 11 is 0. The molecule has 0 spiro atoms. The van der Waals surface area contributed by atoms with E-state index in [-0.39, 0.29) is 12.7 Å². The molecule has 0 heterocycles. The van der Waals surface area contributed by atoms with E-state index < -0.39 is 24.5 Å². The van der Waals surface area contributed by atoms with E-state index in [0.29, 0.717) is 28.7 Å². The van der Waals surface area contributed by atoms with Gasteiger partial charge in [-0.1, -0.05) is 142 Å². The molecule has 3 nitrogen and oxygen atoms in total. The highest BCUT2D eigenvalue weighted by atomic mass is 28.4. The fraction of sp³-hybridized carbons (Fsp3) is 0.745. The van der Waals surface area contributed by atoms with Crippen molar-refractivity contribution in [3.63, 3.8) is 0 Å². The Morgan fingerprint density at radius 3 is 1.62 bits per heavy atom. The molecule has 2 rings (SSSR count). The number of aliphatic hydroxyl groups is 2. The van der Waals surface area contributed by atoms with E-state index in [0.717, 1.165) is 62.9 Å². The molecular formula is C47H84O3Si3. The fourth-order valence-electron chi connectivity index (χ4n) is 6.03. The van der Waals surface area contributed by atoms with Crippen molar-refractivity contribution in [3.05, 3.63) is 48.6 Å². The third kappa shape index (κ3) is 24.7. The summed E-state index contributed by atoms with van der Waals surface area (Å²) in [6, 6.07) is 0. The predicted octanol–water partition coefficient (Wildman–Crippen LogP) is 12.6. The first-order chi connectivity index (χ1) is 24.6. The predicted molar refractivity (Wildman–Crippen MR) is 243 cm³/mol. The summed E-state index contributed by atoms with van der Waals surface area (Å²) in [6.45, 7) is 33.5. The normalized spacial score (nSPS) is 22.9. The second-order valence-corrected chi connectivity index (χ2v) is 34.3. The highest BCUT2D eigenvalue weighted by Crippen LogP contribution is 2.47. The van der Waals surface area contributed by atoms with Gasteiger partial charge in [-0.3, -0.25) is 0 Å². The minimum Gasteiger partial charge on any atom is -0.417 e. The molecule has 2 aliphatic carbocycles. The van der Waals surface area contributed by atoms with E-state index in [1.54, 1.807) is 0 Å². The van der Waals surface area contributed by atoms with Gasteiger partial charge >= 0.3 is 0 Å². The van der Waals surface area contributed by atoms with Crippen molar-refractivity contribution in [2.24, 2.45) is 41.4 Å². The number of unbranched alkanes of at least 4 members (excludes halogenated alkanes) is 2. The summed E-state index contributed by atoms with van der Waals surface area (Å²) in [7, 11) is -4.03. The number of rotatable bonds is 20. The zero-order valence-corrected chi connectivity index (χ0v) is 40.0. The van der Waals surface area contributed by atoms with Crippen molar-refractivity contribution < 1.29 is 14.6 Å². The van der Waals surface area contributed by atoms with Gasteiger partial charge in [0.25, 0.3) is 0 Å². The molecule has 302 valence electrons. The van der Waals surface area contributed by atoms with Crippen LogP contribution in [-0.2, 0) is 4.43 Å². The average molecular weight is 781 g/mol. The molecule has 2 saturated carbocycles. The van der Waals surface area contributed by atoms with Gasteiger partial charge < -0.3 is 14.6 Å². The Labute approximate surface area is 333 Å². The lowest BCUT2D eigenvalue weighted by Crippen LogP contribution is -2.40. The quantitative estimate of drug-likeness (QED) is 0.0560. The van der Waals surface area contributed by atoms with E-state index in [1.165, 1.54) is 25.7 Å². The monoisotopic (exact) mass is 781 g/mol. The second-order valence-electron chi connectivity index (χ2n) is 20.0. The minimum absolute atomic E-state index is 0.198. The molecule has 2 fully saturated rings. The summed E-state index contributed by atoms with van der Waals surface area (Å²) in [5.41, 5.74) is 6.86. The van der Waals surface area contributed by atoms with E-state index in [1.807, 2.05) is 0 Å². The molecule has 8 atom stereocenters. The molecular weight excluding hydrogens is 697 g/mol. The van der Waals surface area contributed by atoms with Crippen LogP contribution in [0.3, 0.4) is 0 Å². The van der Waals surface area contributed by atoms with Gasteiger partial charge in [-0.2, -0.15) is 0 Å². The highest BCUT2D eigenvalue weighted by Gasteiger charge is 2.40. The summed E-state index contributed by atoms with van der Waals surface area (Å²) < 4.78 is 6.31. The van der Waals surface area contributed by atoms with Crippen molar-refractivity contribution in [1.29, 1.82) is 0 Å². The van der Waals surface area contributed by atoms with Gasteiger partial charge in [0.1, 0.15) is 16.1 Å². The molecule has 0 aromatic heterocycles. The third-order valence-electron chi connectivity index (χ3n) is 10.8. The fourth-order valence-corrected chi connectivity index (χ4v) is 8.38. The van der Waals surface area contributed by atoms with Gasteiger partial charge in [0.15, 0.2) is 8.32 Å². The first-order valence-electron chi connectivity index (χ1n) is 21.2. The molecule has 0 aliphatic heterocycles. The van der Waals surface area contributed by atoms with Crippen molar-refractivity contribution in [1.82, 2.24) is 0 Å². The molecule has 6 heteroatoms. The van der Waals surface area contributed by atoms with Crippen LogP contribution in [-0.4, -0.2) is 54.0 Å². The molecule has 0 bridgehead atoms. The average Bonchev–Trinajstić information content (AvgIpc) is 3.96.